The Kier molecular flexibility index (Phi) is 5.24. The Morgan fingerprint density at radius 3 is 2.71 bits per heavy atom. The van der Waals surface area contributed by atoms with Crippen LogP contribution in [0.5, 0.6) is 5.75 Å². The van der Waals surface area contributed by atoms with Crippen molar-refractivity contribution in [2.45, 2.75) is 71.1 Å². The number of alkyl halides is 1. The summed E-state index contributed by atoms with van der Waals surface area (Å²) in [4.78, 5) is 0. The molecule has 5 unspecified atom stereocenters. The van der Waals surface area contributed by atoms with Gasteiger partial charge in [-0.25, -0.2) is 0 Å². The molecule has 1 aromatic rings. The number of hydrogen-bond donors (Lipinski definition) is 1. The molecule has 3 aliphatic rings. The summed E-state index contributed by atoms with van der Waals surface area (Å²) < 4.78 is 41.0. The molecule has 0 saturated heterocycles. The summed E-state index contributed by atoms with van der Waals surface area (Å²) in [5, 5.41) is 5.11. The second-order valence-corrected chi connectivity index (χ2v) is 10.5. The molecule has 0 amide bonds. The number of halogens is 1. The Balaban J connectivity index is 1.66. The zero-order valence-corrected chi connectivity index (χ0v) is 17.7. The molecule has 2 fully saturated rings. The minimum atomic E-state index is -4.02. The van der Waals surface area contributed by atoms with Gasteiger partial charge in [-0.1, -0.05) is 19.9 Å². The van der Waals surface area contributed by atoms with Gasteiger partial charge in [-0.3, -0.25) is 4.39 Å². The molecule has 2 N–H and O–H groups in total. The summed E-state index contributed by atoms with van der Waals surface area (Å²) in [7, 11) is -4.02. The van der Waals surface area contributed by atoms with Crippen LogP contribution in [0.1, 0.15) is 75.0 Å². The number of nitrogens with two attached hydrogens (primary N) is 1. The number of fused-ring (bicyclic) bond motifs is 5. The summed E-state index contributed by atoms with van der Waals surface area (Å²) in [6.07, 6.45) is 8.20. The molecule has 0 aliphatic heterocycles. The van der Waals surface area contributed by atoms with E-state index in [9.17, 15) is 12.8 Å². The monoisotopic (exact) mass is 409 g/mol. The van der Waals surface area contributed by atoms with Gasteiger partial charge in [-0.2, -0.15) is 13.6 Å². The van der Waals surface area contributed by atoms with E-state index in [2.05, 4.69) is 13.0 Å². The molecule has 3 aliphatic carbocycles. The standard InChI is InChI=1S/C22H32FNO3S/c1-3-14-12-19-15(13-21(14)27-28(24,25)26)4-6-18-17(19)8-10-22(2)16(9-11-23)5-7-20(18)22/h12-13,16-18,20H,3-11H2,1-2H3,(H2,24,25,26). The predicted molar refractivity (Wildman–Crippen MR) is 108 cm³/mol. The van der Waals surface area contributed by atoms with Crippen molar-refractivity contribution in [3.63, 3.8) is 0 Å². The van der Waals surface area contributed by atoms with Crippen LogP contribution in [-0.2, 0) is 23.1 Å². The van der Waals surface area contributed by atoms with Crippen molar-refractivity contribution in [3.8, 4) is 5.75 Å². The third kappa shape index (κ3) is 3.36. The third-order valence-electron chi connectivity index (χ3n) is 8.15. The highest BCUT2D eigenvalue weighted by atomic mass is 32.2. The minimum absolute atomic E-state index is 0.198. The molecule has 156 valence electrons. The van der Waals surface area contributed by atoms with Crippen LogP contribution in [0.25, 0.3) is 0 Å². The number of hydrogen-bond acceptors (Lipinski definition) is 3. The highest BCUT2D eigenvalue weighted by Crippen LogP contribution is 2.63. The Bertz CT molecular complexity index is 856. The Morgan fingerprint density at radius 1 is 1.25 bits per heavy atom. The quantitative estimate of drug-likeness (QED) is 0.769. The maximum atomic E-state index is 13.1. The lowest BCUT2D eigenvalue weighted by Gasteiger charge is -2.51. The van der Waals surface area contributed by atoms with E-state index in [1.807, 2.05) is 13.0 Å². The van der Waals surface area contributed by atoms with Crippen molar-refractivity contribution in [1.29, 1.82) is 0 Å². The Morgan fingerprint density at radius 2 is 2.04 bits per heavy atom. The zero-order chi connectivity index (χ0) is 20.1. The van der Waals surface area contributed by atoms with Crippen LogP contribution >= 0.6 is 0 Å². The van der Waals surface area contributed by atoms with Gasteiger partial charge >= 0.3 is 10.3 Å². The van der Waals surface area contributed by atoms with Crippen LogP contribution in [0.2, 0.25) is 0 Å². The molecule has 4 rings (SSSR count). The first kappa shape index (κ1) is 20.1. The first-order chi connectivity index (χ1) is 13.3. The molecule has 28 heavy (non-hydrogen) atoms. The van der Waals surface area contributed by atoms with Crippen LogP contribution in [0, 0.1) is 23.2 Å². The molecular weight excluding hydrogens is 377 g/mol. The summed E-state index contributed by atoms with van der Waals surface area (Å²) >= 11 is 0. The van der Waals surface area contributed by atoms with Gasteiger partial charge in [0.1, 0.15) is 5.75 Å². The van der Waals surface area contributed by atoms with E-state index in [0.29, 0.717) is 35.8 Å². The smallest absolute Gasteiger partial charge is 0.371 e. The van der Waals surface area contributed by atoms with E-state index >= 15 is 0 Å². The van der Waals surface area contributed by atoms with E-state index in [4.69, 9.17) is 9.32 Å². The fraction of sp³-hybridized carbons (Fsp3) is 0.727. The molecule has 4 nitrogen and oxygen atoms in total. The summed E-state index contributed by atoms with van der Waals surface area (Å²) in [5.41, 5.74) is 3.78. The molecule has 2 saturated carbocycles. The summed E-state index contributed by atoms with van der Waals surface area (Å²) in [5.74, 6) is 2.78. The Labute approximate surface area is 168 Å². The second kappa shape index (κ2) is 7.28. The lowest BCUT2D eigenvalue weighted by molar-refractivity contribution is 0.0240. The topological polar surface area (TPSA) is 69.4 Å². The van der Waals surface area contributed by atoms with Crippen molar-refractivity contribution in [2.24, 2.45) is 28.3 Å². The number of rotatable bonds is 5. The van der Waals surface area contributed by atoms with Gasteiger partial charge in [-0.15, -0.1) is 0 Å². The largest absolute Gasteiger partial charge is 0.380 e. The normalized spacial score (nSPS) is 34.4. The van der Waals surface area contributed by atoms with Crippen LogP contribution < -0.4 is 9.32 Å². The molecule has 0 radical (unpaired) electrons. The molecule has 0 spiro atoms. The van der Waals surface area contributed by atoms with Crippen molar-refractivity contribution in [1.82, 2.24) is 0 Å². The maximum Gasteiger partial charge on any atom is 0.380 e. The minimum Gasteiger partial charge on any atom is -0.371 e. The zero-order valence-electron chi connectivity index (χ0n) is 16.9. The van der Waals surface area contributed by atoms with E-state index in [-0.39, 0.29) is 12.1 Å². The van der Waals surface area contributed by atoms with Gasteiger partial charge < -0.3 is 4.18 Å². The van der Waals surface area contributed by atoms with Crippen molar-refractivity contribution < 1.29 is 17.0 Å². The SMILES string of the molecule is CCc1cc2c(cc1OS(N)(=O)=O)CCC1C2CCC2(C)C(CCF)CCC12. The van der Waals surface area contributed by atoms with Crippen molar-refractivity contribution in [2.75, 3.05) is 6.67 Å². The third-order valence-corrected chi connectivity index (χ3v) is 8.56. The van der Waals surface area contributed by atoms with E-state index in [1.54, 1.807) is 0 Å². The van der Waals surface area contributed by atoms with E-state index < -0.39 is 10.3 Å². The van der Waals surface area contributed by atoms with Crippen LogP contribution in [0.3, 0.4) is 0 Å². The fourth-order valence-electron chi connectivity index (χ4n) is 6.84. The molecule has 0 heterocycles. The van der Waals surface area contributed by atoms with Gasteiger partial charge in [0.2, 0.25) is 0 Å². The molecule has 1 aromatic carbocycles. The van der Waals surface area contributed by atoms with Gasteiger partial charge in [0.25, 0.3) is 0 Å². The Hall–Kier alpha value is -1.14. The van der Waals surface area contributed by atoms with Gasteiger partial charge in [0.15, 0.2) is 0 Å². The lowest BCUT2D eigenvalue weighted by atomic mass is 9.54. The van der Waals surface area contributed by atoms with E-state index in [0.717, 1.165) is 31.2 Å². The van der Waals surface area contributed by atoms with Gasteiger partial charge in [0.05, 0.1) is 6.67 Å². The van der Waals surface area contributed by atoms with Crippen LogP contribution in [-0.4, -0.2) is 15.1 Å². The predicted octanol–water partition coefficient (Wildman–Crippen LogP) is 4.66. The first-order valence-corrected chi connectivity index (χ1v) is 12.2. The van der Waals surface area contributed by atoms with Gasteiger partial charge in [0, 0.05) is 0 Å². The average molecular weight is 410 g/mol. The number of aryl methyl sites for hydroxylation is 2. The molecule has 0 bridgehead atoms. The summed E-state index contributed by atoms with van der Waals surface area (Å²) in [6.45, 7) is 4.22. The maximum absolute atomic E-state index is 13.1. The first-order valence-electron chi connectivity index (χ1n) is 10.7. The molecule has 6 heteroatoms. The van der Waals surface area contributed by atoms with Crippen molar-refractivity contribution in [3.05, 3.63) is 28.8 Å². The van der Waals surface area contributed by atoms with Crippen LogP contribution in [0.4, 0.5) is 4.39 Å². The summed E-state index contributed by atoms with van der Waals surface area (Å²) in [6, 6.07) is 4.08. The fourth-order valence-corrected chi connectivity index (χ4v) is 7.24. The van der Waals surface area contributed by atoms with E-state index in [1.165, 1.54) is 30.4 Å². The average Bonchev–Trinajstić information content (AvgIpc) is 2.96. The second-order valence-electron chi connectivity index (χ2n) is 9.30. The molecular formula is C22H32FNO3S. The lowest BCUT2D eigenvalue weighted by Crippen LogP contribution is -2.42. The van der Waals surface area contributed by atoms with Gasteiger partial charge in [-0.05, 0) is 103 Å². The molecule has 5 atom stereocenters. The van der Waals surface area contributed by atoms with Crippen molar-refractivity contribution >= 4 is 10.3 Å². The van der Waals surface area contributed by atoms with Crippen LogP contribution in [0.15, 0.2) is 12.1 Å². The number of benzene rings is 1. The highest BCUT2D eigenvalue weighted by Gasteiger charge is 2.54. The molecule has 0 aromatic heterocycles. The highest BCUT2D eigenvalue weighted by molar-refractivity contribution is 7.84.